The molecule has 0 fully saturated rings. The molecular weight excluding hydrogens is 364 g/mol. The summed E-state index contributed by atoms with van der Waals surface area (Å²) in [6.45, 7) is 2.74. The summed E-state index contributed by atoms with van der Waals surface area (Å²) in [5, 5.41) is 2.94. The van der Waals surface area contributed by atoms with Crippen molar-refractivity contribution in [3.05, 3.63) is 94.7 Å². The molecule has 0 spiro atoms. The number of fused-ring (bicyclic) bond motifs is 1. The largest absolute Gasteiger partial charge is 0.325 e. The third-order valence-electron chi connectivity index (χ3n) is 4.84. The number of carbonyl (C=O) groups excluding carboxylic acids is 1. The van der Waals surface area contributed by atoms with Crippen LogP contribution >= 0.6 is 0 Å². The first-order valence-electron chi connectivity index (χ1n) is 9.62. The fourth-order valence-electron chi connectivity index (χ4n) is 3.40. The van der Waals surface area contributed by atoms with Gasteiger partial charge in [-0.1, -0.05) is 37.3 Å². The van der Waals surface area contributed by atoms with E-state index in [9.17, 15) is 9.59 Å². The van der Waals surface area contributed by atoms with Crippen molar-refractivity contribution in [2.75, 3.05) is 5.32 Å². The summed E-state index contributed by atoms with van der Waals surface area (Å²) in [7, 11) is 0. The summed E-state index contributed by atoms with van der Waals surface area (Å²) in [6.07, 6.45) is 2.52. The number of aromatic nitrogens is 3. The van der Waals surface area contributed by atoms with Crippen molar-refractivity contribution in [2.24, 2.45) is 0 Å². The molecule has 0 radical (unpaired) electrons. The molecule has 6 heteroatoms. The number of hydrogen-bond acceptors (Lipinski definition) is 3. The minimum absolute atomic E-state index is 0.0378. The molecule has 0 aliphatic heterocycles. The van der Waals surface area contributed by atoms with Gasteiger partial charge in [0.2, 0.25) is 5.91 Å². The molecule has 146 valence electrons. The number of imidazole rings is 1. The summed E-state index contributed by atoms with van der Waals surface area (Å²) >= 11 is 0. The van der Waals surface area contributed by atoms with Crippen LogP contribution in [0, 0.1) is 0 Å². The first-order valence-corrected chi connectivity index (χ1v) is 9.62. The van der Waals surface area contributed by atoms with E-state index in [1.165, 1.54) is 0 Å². The van der Waals surface area contributed by atoms with Gasteiger partial charge in [-0.25, -0.2) is 4.98 Å². The summed E-state index contributed by atoms with van der Waals surface area (Å²) < 4.78 is 3.60. The van der Waals surface area contributed by atoms with E-state index in [0.29, 0.717) is 6.54 Å². The van der Waals surface area contributed by atoms with Crippen molar-refractivity contribution in [3.63, 3.8) is 0 Å². The van der Waals surface area contributed by atoms with Gasteiger partial charge in [0.25, 0.3) is 5.56 Å². The van der Waals surface area contributed by atoms with Crippen molar-refractivity contribution in [2.45, 2.75) is 26.4 Å². The van der Waals surface area contributed by atoms with Gasteiger partial charge in [-0.3, -0.25) is 9.59 Å². The lowest BCUT2D eigenvalue weighted by Gasteiger charge is -2.10. The Labute approximate surface area is 168 Å². The standard InChI is InChI=1S/C23H22N4O2/c1-2-21-25-19-7-3-4-8-20(19)27(21)16-22(28)24-18-12-10-17(11-13-18)15-26-14-6-5-9-23(26)29/h3-14H,2,15-16H2,1H3,(H,24,28). The summed E-state index contributed by atoms with van der Waals surface area (Å²) in [5.74, 6) is 0.792. The van der Waals surface area contributed by atoms with Crippen molar-refractivity contribution < 1.29 is 4.79 Å². The zero-order valence-corrected chi connectivity index (χ0v) is 16.2. The molecule has 0 saturated carbocycles. The van der Waals surface area contributed by atoms with Gasteiger partial charge in [0, 0.05) is 24.4 Å². The molecule has 4 aromatic rings. The Morgan fingerprint density at radius 1 is 1.00 bits per heavy atom. The zero-order chi connectivity index (χ0) is 20.2. The van der Waals surface area contributed by atoms with Gasteiger partial charge >= 0.3 is 0 Å². The molecule has 0 atom stereocenters. The predicted molar refractivity (Wildman–Crippen MR) is 114 cm³/mol. The van der Waals surface area contributed by atoms with Gasteiger partial charge in [0.1, 0.15) is 12.4 Å². The van der Waals surface area contributed by atoms with Gasteiger partial charge < -0.3 is 14.5 Å². The number of rotatable bonds is 6. The van der Waals surface area contributed by atoms with Crippen LogP contribution in [0.25, 0.3) is 11.0 Å². The topological polar surface area (TPSA) is 68.9 Å². The first-order chi connectivity index (χ1) is 14.1. The average Bonchev–Trinajstić information content (AvgIpc) is 3.09. The Hall–Kier alpha value is -3.67. The van der Waals surface area contributed by atoms with E-state index in [0.717, 1.165) is 34.5 Å². The molecule has 1 N–H and O–H groups in total. The molecule has 0 aliphatic carbocycles. The van der Waals surface area contributed by atoms with E-state index in [4.69, 9.17) is 0 Å². The number of aryl methyl sites for hydroxylation is 1. The number of pyridine rings is 1. The number of nitrogens with one attached hydrogen (secondary N) is 1. The molecule has 2 aromatic carbocycles. The van der Waals surface area contributed by atoms with Crippen molar-refractivity contribution in [1.82, 2.24) is 14.1 Å². The van der Waals surface area contributed by atoms with Crippen LogP contribution in [0.2, 0.25) is 0 Å². The Balaban J connectivity index is 1.45. The molecule has 0 saturated heterocycles. The molecular formula is C23H22N4O2. The lowest BCUT2D eigenvalue weighted by atomic mass is 10.2. The highest BCUT2D eigenvalue weighted by atomic mass is 16.2. The molecule has 4 rings (SSSR count). The predicted octanol–water partition coefficient (Wildman–Crippen LogP) is 3.45. The second-order valence-corrected chi connectivity index (χ2v) is 6.87. The minimum atomic E-state index is -0.102. The van der Waals surface area contributed by atoms with Gasteiger partial charge in [-0.2, -0.15) is 0 Å². The first kappa shape index (κ1) is 18.7. The van der Waals surface area contributed by atoms with Crippen molar-refractivity contribution in [1.29, 1.82) is 0 Å². The molecule has 0 unspecified atom stereocenters. The monoisotopic (exact) mass is 386 g/mol. The third-order valence-corrected chi connectivity index (χ3v) is 4.84. The third kappa shape index (κ3) is 4.11. The Morgan fingerprint density at radius 3 is 2.52 bits per heavy atom. The van der Waals surface area contributed by atoms with Crippen LogP contribution < -0.4 is 10.9 Å². The van der Waals surface area contributed by atoms with Crippen LogP contribution in [-0.2, 0) is 24.3 Å². The van der Waals surface area contributed by atoms with Crippen LogP contribution in [-0.4, -0.2) is 20.0 Å². The van der Waals surface area contributed by atoms with Gasteiger partial charge in [-0.15, -0.1) is 0 Å². The van der Waals surface area contributed by atoms with E-state index in [-0.39, 0.29) is 18.0 Å². The smallest absolute Gasteiger partial charge is 0.250 e. The molecule has 2 aromatic heterocycles. The quantitative estimate of drug-likeness (QED) is 0.552. The van der Waals surface area contributed by atoms with E-state index in [1.54, 1.807) is 22.9 Å². The van der Waals surface area contributed by atoms with Gasteiger partial charge in [-0.05, 0) is 35.9 Å². The van der Waals surface area contributed by atoms with Crippen LogP contribution in [0.4, 0.5) is 5.69 Å². The van der Waals surface area contributed by atoms with E-state index in [1.807, 2.05) is 66.1 Å². The van der Waals surface area contributed by atoms with E-state index < -0.39 is 0 Å². The molecule has 1 amide bonds. The van der Waals surface area contributed by atoms with Crippen molar-refractivity contribution >= 4 is 22.6 Å². The molecule has 2 heterocycles. The number of anilines is 1. The number of hydrogen-bond donors (Lipinski definition) is 1. The maximum atomic E-state index is 12.6. The molecule has 6 nitrogen and oxygen atoms in total. The average molecular weight is 386 g/mol. The van der Waals surface area contributed by atoms with Crippen LogP contribution in [0.15, 0.2) is 77.7 Å². The van der Waals surface area contributed by atoms with Crippen molar-refractivity contribution in [3.8, 4) is 0 Å². The number of nitrogens with zero attached hydrogens (tertiary/aromatic N) is 3. The second-order valence-electron chi connectivity index (χ2n) is 6.87. The second kappa shape index (κ2) is 8.14. The lowest BCUT2D eigenvalue weighted by molar-refractivity contribution is -0.116. The molecule has 0 aliphatic rings. The number of benzene rings is 2. The maximum Gasteiger partial charge on any atom is 0.250 e. The fourth-order valence-corrected chi connectivity index (χ4v) is 3.40. The highest BCUT2D eigenvalue weighted by molar-refractivity contribution is 5.91. The number of para-hydroxylation sites is 2. The SMILES string of the molecule is CCc1nc2ccccc2n1CC(=O)Nc1ccc(Cn2ccccc2=O)cc1. The Morgan fingerprint density at radius 2 is 1.76 bits per heavy atom. The van der Waals surface area contributed by atoms with E-state index >= 15 is 0 Å². The van der Waals surface area contributed by atoms with E-state index in [2.05, 4.69) is 10.3 Å². The highest BCUT2D eigenvalue weighted by Crippen LogP contribution is 2.17. The van der Waals surface area contributed by atoms with Gasteiger partial charge in [0.05, 0.1) is 17.6 Å². The summed E-state index contributed by atoms with van der Waals surface area (Å²) in [5.41, 5.74) is 3.54. The zero-order valence-electron chi connectivity index (χ0n) is 16.2. The summed E-state index contributed by atoms with van der Waals surface area (Å²) in [4.78, 5) is 29.0. The summed E-state index contributed by atoms with van der Waals surface area (Å²) in [6, 6.07) is 20.5. The number of amides is 1. The van der Waals surface area contributed by atoms with Crippen LogP contribution in [0.3, 0.4) is 0 Å². The number of carbonyl (C=O) groups is 1. The maximum absolute atomic E-state index is 12.6. The lowest BCUT2D eigenvalue weighted by Crippen LogP contribution is -2.20. The normalized spacial score (nSPS) is 10.9. The van der Waals surface area contributed by atoms with Crippen LogP contribution in [0.5, 0.6) is 0 Å². The highest BCUT2D eigenvalue weighted by Gasteiger charge is 2.12. The fraction of sp³-hybridized carbons (Fsp3) is 0.174. The molecule has 29 heavy (non-hydrogen) atoms. The minimum Gasteiger partial charge on any atom is -0.325 e. The van der Waals surface area contributed by atoms with Crippen LogP contribution in [0.1, 0.15) is 18.3 Å². The van der Waals surface area contributed by atoms with Gasteiger partial charge in [0.15, 0.2) is 0 Å². The molecule has 0 bridgehead atoms. The Kier molecular flexibility index (Phi) is 5.24. The Bertz CT molecular complexity index is 1210.